The summed E-state index contributed by atoms with van der Waals surface area (Å²) in [5, 5.41) is 7.75. The van der Waals surface area contributed by atoms with E-state index in [1.807, 2.05) is 0 Å². The van der Waals surface area contributed by atoms with Crippen LogP contribution < -0.4 is 15.8 Å². The molecule has 2 aromatic heterocycles. The van der Waals surface area contributed by atoms with Gasteiger partial charge in [0.05, 0.1) is 21.6 Å². The van der Waals surface area contributed by atoms with Crippen molar-refractivity contribution in [1.29, 1.82) is 0 Å². The first kappa shape index (κ1) is 24.6. The molecule has 0 fully saturated rings. The molecular weight excluding hydrogens is 491 g/mol. The molecule has 0 atom stereocenters. The van der Waals surface area contributed by atoms with Gasteiger partial charge in [0, 0.05) is 11.2 Å². The number of thiophene rings is 1. The number of benzene rings is 1. The second-order valence-electron chi connectivity index (χ2n) is 7.12. The molecule has 2 amide bonds. The minimum absolute atomic E-state index is 0.00939. The fraction of sp³-hybridized carbons (Fsp3) is 0.238. The van der Waals surface area contributed by atoms with Crippen molar-refractivity contribution >= 4 is 57.3 Å². The number of aromatic nitrogens is 2. The fourth-order valence-electron chi connectivity index (χ4n) is 2.81. The Morgan fingerprint density at radius 3 is 2.61 bits per heavy atom. The lowest BCUT2D eigenvalue weighted by molar-refractivity contribution is 0.0379. The maximum absolute atomic E-state index is 12.8. The van der Waals surface area contributed by atoms with Crippen LogP contribution >= 0.6 is 34.5 Å². The first-order valence-corrected chi connectivity index (χ1v) is 11.2. The Balaban J connectivity index is 1.76. The number of hydrogen-bond donors (Lipinski definition) is 2. The lowest BCUT2D eigenvalue weighted by Crippen LogP contribution is -2.18. The second kappa shape index (κ2) is 10.2. The highest BCUT2D eigenvalue weighted by Gasteiger charge is 2.27. The highest BCUT2D eigenvalue weighted by molar-refractivity contribution is 7.18. The summed E-state index contributed by atoms with van der Waals surface area (Å²) >= 11 is 12.8. The number of nitrogens with one attached hydrogen (secondary N) is 1. The molecule has 2 heterocycles. The van der Waals surface area contributed by atoms with Crippen molar-refractivity contribution in [3.05, 3.63) is 62.2 Å². The number of amides is 2. The average Bonchev–Trinajstić information content (AvgIpc) is 3.31. The summed E-state index contributed by atoms with van der Waals surface area (Å²) in [6.07, 6.45) is 1.16. The van der Waals surface area contributed by atoms with Crippen LogP contribution in [0.25, 0.3) is 0 Å². The van der Waals surface area contributed by atoms with Gasteiger partial charge in [0.15, 0.2) is 12.4 Å². The fourth-order valence-corrected chi connectivity index (χ4v) is 4.31. The van der Waals surface area contributed by atoms with Crippen LogP contribution in [0, 0.1) is 6.92 Å². The lowest BCUT2D eigenvalue weighted by Gasteiger charge is -2.10. The van der Waals surface area contributed by atoms with Crippen molar-refractivity contribution in [2.45, 2.75) is 33.6 Å². The number of hydrogen-bond acceptors (Lipinski definition) is 7. The molecule has 33 heavy (non-hydrogen) atoms. The van der Waals surface area contributed by atoms with Crippen molar-refractivity contribution in [1.82, 2.24) is 9.78 Å². The van der Waals surface area contributed by atoms with E-state index >= 15 is 0 Å². The summed E-state index contributed by atoms with van der Waals surface area (Å²) in [4.78, 5) is 37.2. The number of rotatable bonds is 8. The third kappa shape index (κ3) is 5.84. The van der Waals surface area contributed by atoms with E-state index in [1.165, 1.54) is 10.7 Å². The van der Waals surface area contributed by atoms with Crippen molar-refractivity contribution in [3.8, 4) is 5.75 Å². The maximum Gasteiger partial charge on any atom is 0.341 e. The molecule has 0 aliphatic heterocycles. The predicted octanol–water partition coefficient (Wildman–Crippen LogP) is 4.51. The van der Waals surface area contributed by atoms with E-state index in [0.717, 1.165) is 11.3 Å². The van der Waals surface area contributed by atoms with E-state index < -0.39 is 17.8 Å². The molecule has 0 aliphatic carbocycles. The third-order valence-corrected chi connectivity index (χ3v) is 6.02. The maximum atomic E-state index is 12.8. The molecule has 3 rings (SSSR count). The highest BCUT2D eigenvalue weighted by atomic mass is 35.5. The summed E-state index contributed by atoms with van der Waals surface area (Å²) in [6, 6.07) is 6.28. The summed E-state index contributed by atoms with van der Waals surface area (Å²) in [6.45, 7) is 4.94. The third-order valence-electron chi connectivity index (χ3n) is 4.26. The smallest absolute Gasteiger partial charge is 0.341 e. The molecule has 174 valence electrons. The number of esters is 1. The minimum Gasteiger partial charge on any atom is -0.470 e. The molecule has 0 radical (unpaired) electrons. The number of halogens is 2. The number of carbonyl (C=O) groups is 3. The topological polar surface area (TPSA) is 126 Å². The first-order chi connectivity index (χ1) is 15.6. The summed E-state index contributed by atoms with van der Waals surface area (Å²) in [5.41, 5.74) is 5.89. The van der Waals surface area contributed by atoms with E-state index in [1.54, 1.807) is 45.2 Å². The Morgan fingerprint density at radius 2 is 1.97 bits per heavy atom. The molecule has 12 heteroatoms. The zero-order valence-corrected chi connectivity index (χ0v) is 20.2. The van der Waals surface area contributed by atoms with E-state index in [2.05, 4.69) is 10.4 Å². The van der Waals surface area contributed by atoms with Crippen LogP contribution in [0.5, 0.6) is 5.75 Å². The number of carbonyl (C=O) groups excluding carboxylic acids is 3. The number of nitrogens with two attached hydrogens (primary N) is 1. The van der Waals surface area contributed by atoms with Gasteiger partial charge in [0.1, 0.15) is 10.8 Å². The zero-order valence-electron chi connectivity index (χ0n) is 17.8. The van der Waals surface area contributed by atoms with Crippen molar-refractivity contribution < 1.29 is 23.9 Å². The van der Waals surface area contributed by atoms with Crippen LogP contribution in [0.4, 0.5) is 5.00 Å². The molecule has 0 spiro atoms. The molecule has 9 nitrogen and oxygen atoms in total. The van der Waals surface area contributed by atoms with Gasteiger partial charge >= 0.3 is 5.97 Å². The van der Waals surface area contributed by atoms with E-state index in [-0.39, 0.29) is 34.0 Å². The van der Waals surface area contributed by atoms with Crippen LogP contribution in [0.2, 0.25) is 10.0 Å². The molecule has 3 N–H and O–H groups in total. The van der Waals surface area contributed by atoms with Gasteiger partial charge in [-0.05, 0) is 50.6 Å². The standard InChI is InChI=1S/C21H20Cl2N4O5S/c1-10(2)32-21(30)16-11(3)17(18(24)28)33-20(16)25-19(29)14-6-7-27(26-14)9-31-15-5-4-12(22)8-13(15)23/h4-8,10H,9H2,1-3H3,(H2,24,28)(H,25,29). The van der Waals surface area contributed by atoms with Gasteiger partial charge in [-0.15, -0.1) is 11.3 Å². The normalized spacial score (nSPS) is 10.8. The van der Waals surface area contributed by atoms with Gasteiger partial charge in [-0.3, -0.25) is 9.59 Å². The summed E-state index contributed by atoms with van der Waals surface area (Å²) in [5.74, 6) is -1.56. The van der Waals surface area contributed by atoms with E-state index in [9.17, 15) is 14.4 Å². The second-order valence-corrected chi connectivity index (χ2v) is 8.99. The number of ether oxygens (including phenoxy) is 2. The average molecular weight is 511 g/mol. The lowest BCUT2D eigenvalue weighted by atomic mass is 10.1. The Morgan fingerprint density at radius 1 is 1.24 bits per heavy atom. The highest BCUT2D eigenvalue weighted by Crippen LogP contribution is 2.34. The molecule has 1 aromatic carbocycles. The van der Waals surface area contributed by atoms with Crippen molar-refractivity contribution in [3.63, 3.8) is 0 Å². The van der Waals surface area contributed by atoms with Crippen molar-refractivity contribution in [2.24, 2.45) is 5.73 Å². The summed E-state index contributed by atoms with van der Waals surface area (Å²) < 4.78 is 12.2. The molecule has 3 aromatic rings. The minimum atomic E-state index is -0.709. The molecule has 0 saturated heterocycles. The largest absolute Gasteiger partial charge is 0.470 e. The number of anilines is 1. The van der Waals surface area contributed by atoms with Gasteiger partial charge in [-0.2, -0.15) is 5.10 Å². The SMILES string of the molecule is Cc1c(C(N)=O)sc(NC(=O)c2ccn(COc3ccc(Cl)cc3Cl)n2)c1C(=O)OC(C)C. The van der Waals surface area contributed by atoms with Crippen molar-refractivity contribution in [2.75, 3.05) is 5.32 Å². The first-order valence-electron chi connectivity index (χ1n) is 9.63. The number of primary amides is 1. The molecule has 0 unspecified atom stereocenters. The van der Waals surface area contributed by atoms with Gasteiger partial charge in [0.25, 0.3) is 11.8 Å². The van der Waals surface area contributed by atoms with Crippen LogP contribution in [0.15, 0.2) is 30.5 Å². The monoisotopic (exact) mass is 510 g/mol. The Kier molecular flexibility index (Phi) is 7.62. The van der Waals surface area contributed by atoms with Crippen LogP contribution in [0.3, 0.4) is 0 Å². The van der Waals surface area contributed by atoms with Gasteiger partial charge < -0.3 is 20.5 Å². The Labute approximate surface area is 203 Å². The van der Waals surface area contributed by atoms with E-state index in [0.29, 0.717) is 21.4 Å². The predicted molar refractivity (Wildman–Crippen MR) is 125 cm³/mol. The summed E-state index contributed by atoms with van der Waals surface area (Å²) in [7, 11) is 0. The van der Waals surface area contributed by atoms with Crippen LogP contribution in [-0.4, -0.2) is 33.7 Å². The van der Waals surface area contributed by atoms with Gasteiger partial charge in [0.2, 0.25) is 0 Å². The molecular formula is C21H20Cl2N4O5S. The Hall–Kier alpha value is -3.08. The van der Waals surface area contributed by atoms with Crippen LogP contribution in [0.1, 0.15) is 49.9 Å². The molecule has 0 aliphatic rings. The molecule has 0 saturated carbocycles. The van der Waals surface area contributed by atoms with E-state index in [4.69, 9.17) is 38.4 Å². The quantitative estimate of drug-likeness (QED) is 0.429. The van der Waals surface area contributed by atoms with Gasteiger partial charge in [-0.25, -0.2) is 9.48 Å². The number of nitrogens with zero attached hydrogens (tertiary/aromatic N) is 2. The zero-order chi connectivity index (χ0) is 24.3. The van der Waals surface area contributed by atoms with Gasteiger partial charge in [-0.1, -0.05) is 23.2 Å². The van der Waals surface area contributed by atoms with Crippen LogP contribution in [-0.2, 0) is 11.5 Å². The molecule has 0 bridgehead atoms. The Bertz CT molecular complexity index is 1220.